The molecule has 0 fully saturated rings. The Balaban J connectivity index is 2.32. The van der Waals surface area contributed by atoms with Crippen molar-refractivity contribution in [1.29, 1.82) is 0 Å². The number of hydrogen-bond acceptors (Lipinski definition) is 2. The van der Waals surface area contributed by atoms with E-state index in [0.717, 1.165) is 10.8 Å². The summed E-state index contributed by atoms with van der Waals surface area (Å²) in [5.41, 5.74) is 0.664. The van der Waals surface area contributed by atoms with Gasteiger partial charge in [0.05, 0.1) is 6.42 Å². The zero-order valence-electron chi connectivity index (χ0n) is 9.27. The van der Waals surface area contributed by atoms with Gasteiger partial charge in [0, 0.05) is 0 Å². The Hall–Kier alpha value is -2.17. The summed E-state index contributed by atoms with van der Waals surface area (Å²) in [5, 5.41) is 10.2. The molecule has 5 heteroatoms. The van der Waals surface area contributed by atoms with Crippen molar-refractivity contribution in [2.45, 2.75) is 13.0 Å². The number of aliphatic carboxylic acids is 1. The third-order valence-electron chi connectivity index (χ3n) is 2.46. The molecule has 94 valence electrons. The van der Waals surface area contributed by atoms with Gasteiger partial charge in [-0.05, 0) is 28.5 Å². The molecule has 2 rings (SSSR count). The van der Waals surface area contributed by atoms with Gasteiger partial charge < -0.3 is 9.84 Å². The lowest BCUT2D eigenvalue weighted by atomic mass is 10.0. The van der Waals surface area contributed by atoms with Crippen LogP contribution in [0.4, 0.5) is 8.78 Å². The van der Waals surface area contributed by atoms with Crippen LogP contribution in [0.15, 0.2) is 36.4 Å². The minimum atomic E-state index is -2.85. The lowest BCUT2D eigenvalue weighted by molar-refractivity contribution is -0.136. The molecule has 0 aliphatic heterocycles. The highest BCUT2D eigenvalue weighted by Gasteiger charge is 2.06. The molecule has 18 heavy (non-hydrogen) atoms. The summed E-state index contributed by atoms with van der Waals surface area (Å²) < 4.78 is 28.4. The van der Waals surface area contributed by atoms with Gasteiger partial charge >= 0.3 is 12.6 Å². The zero-order valence-corrected chi connectivity index (χ0v) is 9.27. The Bertz CT molecular complexity index is 581. The third-order valence-corrected chi connectivity index (χ3v) is 2.46. The number of hydrogen-bond donors (Lipinski definition) is 1. The van der Waals surface area contributed by atoms with Crippen LogP contribution in [-0.4, -0.2) is 17.7 Å². The van der Waals surface area contributed by atoms with Gasteiger partial charge in [0.15, 0.2) is 0 Å². The fraction of sp³-hybridized carbons (Fsp3) is 0.154. The average molecular weight is 252 g/mol. The largest absolute Gasteiger partial charge is 0.481 e. The molecule has 0 atom stereocenters. The minimum Gasteiger partial charge on any atom is -0.481 e. The van der Waals surface area contributed by atoms with E-state index in [1.165, 1.54) is 12.1 Å². The number of halogens is 2. The predicted molar refractivity (Wildman–Crippen MR) is 61.9 cm³/mol. The van der Waals surface area contributed by atoms with Crippen LogP contribution in [-0.2, 0) is 11.2 Å². The Morgan fingerprint density at radius 1 is 1.17 bits per heavy atom. The highest BCUT2D eigenvalue weighted by Crippen LogP contribution is 2.23. The van der Waals surface area contributed by atoms with Crippen molar-refractivity contribution in [2.24, 2.45) is 0 Å². The van der Waals surface area contributed by atoms with Gasteiger partial charge in [-0.2, -0.15) is 8.78 Å². The van der Waals surface area contributed by atoms with Crippen molar-refractivity contribution >= 4 is 16.7 Å². The summed E-state index contributed by atoms with van der Waals surface area (Å²) >= 11 is 0. The molecule has 0 aliphatic rings. The van der Waals surface area contributed by atoms with E-state index in [1.54, 1.807) is 24.3 Å². The summed E-state index contributed by atoms with van der Waals surface area (Å²) in [6.45, 7) is -2.85. The van der Waals surface area contributed by atoms with Crippen molar-refractivity contribution in [2.75, 3.05) is 0 Å². The first-order valence-electron chi connectivity index (χ1n) is 5.24. The lowest BCUT2D eigenvalue weighted by Crippen LogP contribution is -2.02. The van der Waals surface area contributed by atoms with Crippen LogP contribution in [0, 0.1) is 0 Å². The van der Waals surface area contributed by atoms with Crippen LogP contribution >= 0.6 is 0 Å². The zero-order chi connectivity index (χ0) is 13.1. The van der Waals surface area contributed by atoms with Crippen molar-refractivity contribution in [3.8, 4) is 5.75 Å². The van der Waals surface area contributed by atoms with Crippen LogP contribution in [0.3, 0.4) is 0 Å². The van der Waals surface area contributed by atoms with Gasteiger partial charge in [0.1, 0.15) is 5.75 Å². The number of alkyl halides is 2. The van der Waals surface area contributed by atoms with Gasteiger partial charge in [-0.25, -0.2) is 0 Å². The molecule has 0 radical (unpaired) electrons. The van der Waals surface area contributed by atoms with Crippen LogP contribution in [0.25, 0.3) is 10.8 Å². The maximum absolute atomic E-state index is 12.0. The second-order valence-electron chi connectivity index (χ2n) is 3.79. The van der Waals surface area contributed by atoms with E-state index in [9.17, 15) is 13.6 Å². The highest BCUT2D eigenvalue weighted by molar-refractivity contribution is 5.85. The normalized spacial score (nSPS) is 10.8. The van der Waals surface area contributed by atoms with Gasteiger partial charge in [0.25, 0.3) is 0 Å². The van der Waals surface area contributed by atoms with Crippen molar-refractivity contribution in [3.05, 3.63) is 42.0 Å². The molecule has 0 saturated carbocycles. The van der Waals surface area contributed by atoms with E-state index in [-0.39, 0.29) is 12.2 Å². The molecule has 0 spiro atoms. The summed E-state index contributed by atoms with van der Waals surface area (Å²) in [6.07, 6.45) is -0.0643. The average Bonchev–Trinajstić information content (AvgIpc) is 2.27. The van der Waals surface area contributed by atoms with Crippen LogP contribution in [0.5, 0.6) is 5.75 Å². The smallest absolute Gasteiger partial charge is 0.387 e. The molecule has 0 aromatic heterocycles. The Morgan fingerprint density at radius 2 is 1.83 bits per heavy atom. The lowest BCUT2D eigenvalue weighted by Gasteiger charge is -2.06. The third kappa shape index (κ3) is 2.94. The number of carboxylic acids is 1. The maximum atomic E-state index is 12.0. The summed E-state index contributed by atoms with van der Waals surface area (Å²) in [6, 6.07) is 9.60. The van der Waals surface area contributed by atoms with Crippen LogP contribution < -0.4 is 4.74 Å². The summed E-state index contributed by atoms with van der Waals surface area (Å²) in [7, 11) is 0. The van der Waals surface area contributed by atoms with Crippen LogP contribution in [0.2, 0.25) is 0 Å². The molecule has 0 aliphatic carbocycles. The van der Waals surface area contributed by atoms with Crippen molar-refractivity contribution < 1.29 is 23.4 Å². The maximum Gasteiger partial charge on any atom is 0.387 e. The van der Waals surface area contributed by atoms with Gasteiger partial charge in [-0.1, -0.05) is 24.3 Å². The molecular formula is C13H10F2O3. The first-order valence-corrected chi connectivity index (χ1v) is 5.24. The second-order valence-corrected chi connectivity index (χ2v) is 3.79. The van der Waals surface area contributed by atoms with E-state index in [1.807, 2.05) is 0 Å². The van der Waals surface area contributed by atoms with E-state index in [0.29, 0.717) is 5.56 Å². The molecular weight excluding hydrogens is 242 g/mol. The molecule has 2 aromatic carbocycles. The topological polar surface area (TPSA) is 46.5 Å². The van der Waals surface area contributed by atoms with Gasteiger partial charge in [0.2, 0.25) is 0 Å². The van der Waals surface area contributed by atoms with E-state index < -0.39 is 12.6 Å². The highest BCUT2D eigenvalue weighted by atomic mass is 19.3. The molecule has 0 saturated heterocycles. The van der Waals surface area contributed by atoms with E-state index in [4.69, 9.17) is 5.11 Å². The number of rotatable bonds is 4. The minimum absolute atomic E-state index is 0.0643. The number of carbonyl (C=O) groups is 1. The van der Waals surface area contributed by atoms with Crippen molar-refractivity contribution in [3.63, 3.8) is 0 Å². The first-order chi connectivity index (χ1) is 8.54. The number of fused-ring (bicyclic) bond motifs is 1. The van der Waals surface area contributed by atoms with Gasteiger partial charge in [-0.15, -0.1) is 0 Å². The second kappa shape index (κ2) is 5.00. The Kier molecular flexibility index (Phi) is 3.41. The van der Waals surface area contributed by atoms with Gasteiger partial charge in [-0.3, -0.25) is 4.79 Å². The molecule has 3 nitrogen and oxygen atoms in total. The molecule has 0 heterocycles. The quantitative estimate of drug-likeness (QED) is 0.909. The number of carboxylic acid groups (broad SMARTS) is 1. The molecule has 2 aromatic rings. The summed E-state index contributed by atoms with van der Waals surface area (Å²) in [4.78, 5) is 10.6. The van der Waals surface area contributed by atoms with E-state index in [2.05, 4.69) is 4.74 Å². The SMILES string of the molecule is O=C(O)Cc1ccc2cc(OC(F)F)ccc2c1. The van der Waals surface area contributed by atoms with E-state index >= 15 is 0 Å². The Labute approximate surface area is 102 Å². The molecule has 0 bridgehead atoms. The van der Waals surface area contributed by atoms with Crippen LogP contribution in [0.1, 0.15) is 5.56 Å². The molecule has 0 amide bonds. The number of ether oxygens (including phenoxy) is 1. The Morgan fingerprint density at radius 3 is 2.50 bits per heavy atom. The standard InChI is InChI=1S/C13H10F2O3/c14-13(15)18-11-4-3-9-5-8(6-12(16)17)1-2-10(9)7-11/h1-5,7,13H,6H2,(H,16,17). The van der Waals surface area contributed by atoms with Crippen molar-refractivity contribution in [1.82, 2.24) is 0 Å². The fourth-order valence-corrected chi connectivity index (χ4v) is 1.73. The number of benzene rings is 2. The molecule has 1 N–H and O–H groups in total. The monoisotopic (exact) mass is 252 g/mol. The first kappa shape index (κ1) is 12.3. The molecule has 0 unspecified atom stereocenters. The predicted octanol–water partition coefficient (Wildman–Crippen LogP) is 3.07. The summed E-state index contributed by atoms with van der Waals surface area (Å²) in [5.74, 6) is -0.824. The fourth-order valence-electron chi connectivity index (χ4n) is 1.73.